The maximum Gasteiger partial charge on any atom is 0.315 e. The lowest BCUT2D eigenvalue weighted by atomic mass is 10.1. The Morgan fingerprint density at radius 1 is 1.40 bits per heavy atom. The van der Waals surface area contributed by atoms with Crippen molar-refractivity contribution in [3.05, 3.63) is 34.3 Å². The van der Waals surface area contributed by atoms with Crippen molar-refractivity contribution in [2.75, 3.05) is 6.61 Å². The third kappa shape index (κ3) is 3.64. The summed E-state index contributed by atoms with van der Waals surface area (Å²) >= 11 is 5.97. The first-order valence-electron chi connectivity index (χ1n) is 6.94. The molecule has 2 atom stereocenters. The largest absolute Gasteiger partial charge is 0.394 e. The Bertz CT molecular complexity index is 491. The molecule has 1 aromatic carbocycles. The van der Waals surface area contributed by atoms with Gasteiger partial charge in [0, 0.05) is 11.1 Å². The number of amides is 2. The SMILES string of the molecule is CC(C)[C@H](CO)NC(=O)NC1Cc2ccc(Cl)cc2C1. The predicted molar refractivity (Wildman–Crippen MR) is 80.0 cm³/mol. The highest BCUT2D eigenvalue weighted by Crippen LogP contribution is 2.25. The Morgan fingerprint density at radius 3 is 2.75 bits per heavy atom. The van der Waals surface area contributed by atoms with Crippen LogP contribution in [0.25, 0.3) is 0 Å². The second-order valence-corrected chi connectivity index (χ2v) is 6.11. The summed E-state index contributed by atoms with van der Waals surface area (Å²) < 4.78 is 0. The summed E-state index contributed by atoms with van der Waals surface area (Å²) in [6, 6.07) is 5.51. The topological polar surface area (TPSA) is 61.4 Å². The van der Waals surface area contributed by atoms with Crippen LogP contribution in [0.4, 0.5) is 4.79 Å². The number of halogens is 1. The Kier molecular flexibility index (Phi) is 4.89. The monoisotopic (exact) mass is 296 g/mol. The molecule has 1 aliphatic rings. The highest BCUT2D eigenvalue weighted by molar-refractivity contribution is 6.30. The molecule has 1 unspecified atom stereocenters. The molecule has 5 heteroatoms. The zero-order chi connectivity index (χ0) is 14.7. The van der Waals surface area contributed by atoms with Gasteiger partial charge in [0.1, 0.15) is 0 Å². The van der Waals surface area contributed by atoms with E-state index in [0.29, 0.717) is 0 Å². The molecule has 20 heavy (non-hydrogen) atoms. The smallest absolute Gasteiger partial charge is 0.315 e. The summed E-state index contributed by atoms with van der Waals surface area (Å²) in [4.78, 5) is 11.9. The molecular weight excluding hydrogens is 276 g/mol. The van der Waals surface area contributed by atoms with Crippen LogP contribution >= 0.6 is 11.6 Å². The molecule has 0 aliphatic heterocycles. The minimum atomic E-state index is -0.221. The first kappa shape index (κ1) is 15.1. The van der Waals surface area contributed by atoms with Gasteiger partial charge in [0.25, 0.3) is 0 Å². The van der Waals surface area contributed by atoms with Crippen LogP contribution in [-0.2, 0) is 12.8 Å². The number of fused-ring (bicyclic) bond motifs is 1. The van der Waals surface area contributed by atoms with Crippen molar-refractivity contribution in [3.8, 4) is 0 Å². The summed E-state index contributed by atoms with van der Waals surface area (Å²) in [5.74, 6) is 0.199. The molecule has 0 aromatic heterocycles. The molecular formula is C15H21ClN2O2. The molecule has 1 aromatic rings. The lowest BCUT2D eigenvalue weighted by molar-refractivity contribution is 0.196. The molecule has 0 saturated carbocycles. The number of aliphatic hydroxyl groups excluding tert-OH is 1. The summed E-state index contributed by atoms with van der Waals surface area (Å²) in [7, 11) is 0. The fourth-order valence-electron chi connectivity index (χ4n) is 2.51. The molecule has 3 N–H and O–H groups in total. The number of hydrogen-bond donors (Lipinski definition) is 3. The molecule has 1 aliphatic carbocycles. The highest BCUT2D eigenvalue weighted by Gasteiger charge is 2.24. The normalized spacial score (nSPS) is 18.8. The van der Waals surface area contributed by atoms with Crippen LogP contribution in [0.1, 0.15) is 25.0 Å². The van der Waals surface area contributed by atoms with Gasteiger partial charge in [0.05, 0.1) is 12.6 Å². The molecule has 0 spiro atoms. The van der Waals surface area contributed by atoms with Gasteiger partial charge in [-0.2, -0.15) is 0 Å². The number of hydrogen-bond acceptors (Lipinski definition) is 2. The summed E-state index contributed by atoms with van der Waals surface area (Å²) in [5, 5.41) is 15.7. The molecule has 2 rings (SSSR count). The average molecular weight is 297 g/mol. The van der Waals surface area contributed by atoms with Gasteiger partial charge in [0.2, 0.25) is 0 Å². The molecule has 0 bridgehead atoms. The first-order valence-corrected chi connectivity index (χ1v) is 7.32. The van der Waals surface area contributed by atoms with Crippen LogP contribution in [-0.4, -0.2) is 29.8 Å². The van der Waals surface area contributed by atoms with Crippen LogP contribution in [0, 0.1) is 5.92 Å². The zero-order valence-electron chi connectivity index (χ0n) is 11.8. The van der Waals surface area contributed by atoms with E-state index >= 15 is 0 Å². The van der Waals surface area contributed by atoms with Crippen LogP contribution in [0.2, 0.25) is 5.02 Å². The number of urea groups is 1. The second-order valence-electron chi connectivity index (χ2n) is 5.67. The van der Waals surface area contributed by atoms with Gasteiger partial charge in [-0.3, -0.25) is 0 Å². The number of carbonyl (C=O) groups is 1. The molecule has 2 amide bonds. The fourth-order valence-corrected chi connectivity index (χ4v) is 2.70. The van der Waals surface area contributed by atoms with Gasteiger partial charge in [-0.1, -0.05) is 31.5 Å². The minimum Gasteiger partial charge on any atom is -0.394 e. The van der Waals surface area contributed by atoms with Crippen molar-refractivity contribution in [1.29, 1.82) is 0 Å². The lowest BCUT2D eigenvalue weighted by Gasteiger charge is -2.21. The van der Waals surface area contributed by atoms with E-state index in [-0.39, 0.29) is 30.6 Å². The summed E-state index contributed by atoms with van der Waals surface area (Å²) in [5.41, 5.74) is 2.44. The zero-order valence-corrected chi connectivity index (χ0v) is 12.6. The summed E-state index contributed by atoms with van der Waals surface area (Å²) in [6.07, 6.45) is 1.63. The molecule has 0 fully saturated rings. The predicted octanol–water partition coefficient (Wildman–Crippen LogP) is 2.12. The van der Waals surface area contributed by atoms with Gasteiger partial charge in [0.15, 0.2) is 0 Å². The van der Waals surface area contributed by atoms with Gasteiger partial charge >= 0.3 is 6.03 Å². The van der Waals surface area contributed by atoms with Crippen LogP contribution in [0.5, 0.6) is 0 Å². The molecule has 0 saturated heterocycles. The third-order valence-corrected chi connectivity index (χ3v) is 3.99. The average Bonchev–Trinajstić information content (AvgIpc) is 2.76. The van der Waals surface area contributed by atoms with Crippen molar-refractivity contribution < 1.29 is 9.90 Å². The van der Waals surface area contributed by atoms with E-state index in [1.807, 2.05) is 32.0 Å². The van der Waals surface area contributed by atoms with E-state index in [9.17, 15) is 9.90 Å². The highest BCUT2D eigenvalue weighted by atomic mass is 35.5. The Hall–Kier alpha value is -1.26. The number of benzene rings is 1. The van der Waals surface area contributed by atoms with E-state index in [2.05, 4.69) is 10.6 Å². The quantitative estimate of drug-likeness (QED) is 0.797. The maximum atomic E-state index is 11.9. The molecule has 4 nitrogen and oxygen atoms in total. The van der Waals surface area contributed by atoms with Crippen molar-refractivity contribution in [3.63, 3.8) is 0 Å². The van der Waals surface area contributed by atoms with Crippen molar-refractivity contribution in [1.82, 2.24) is 10.6 Å². The van der Waals surface area contributed by atoms with Gasteiger partial charge in [-0.15, -0.1) is 0 Å². The van der Waals surface area contributed by atoms with Crippen molar-refractivity contribution in [2.45, 2.75) is 38.8 Å². The second kappa shape index (κ2) is 6.46. The van der Waals surface area contributed by atoms with E-state index in [1.165, 1.54) is 11.1 Å². The molecule has 0 heterocycles. The Morgan fingerprint density at radius 2 is 2.10 bits per heavy atom. The van der Waals surface area contributed by atoms with E-state index in [0.717, 1.165) is 17.9 Å². The van der Waals surface area contributed by atoms with Crippen LogP contribution < -0.4 is 10.6 Å². The molecule has 110 valence electrons. The van der Waals surface area contributed by atoms with Crippen LogP contribution in [0.3, 0.4) is 0 Å². The van der Waals surface area contributed by atoms with E-state index in [4.69, 9.17) is 11.6 Å². The Labute approximate surface area is 124 Å². The minimum absolute atomic E-state index is 0.0500. The fraction of sp³-hybridized carbons (Fsp3) is 0.533. The maximum absolute atomic E-state index is 11.9. The van der Waals surface area contributed by atoms with Gasteiger partial charge < -0.3 is 15.7 Å². The number of nitrogens with one attached hydrogen (secondary N) is 2. The first-order chi connectivity index (χ1) is 9.49. The number of aliphatic hydroxyl groups is 1. The third-order valence-electron chi connectivity index (χ3n) is 3.75. The van der Waals surface area contributed by atoms with Crippen molar-refractivity contribution >= 4 is 17.6 Å². The van der Waals surface area contributed by atoms with E-state index in [1.54, 1.807) is 0 Å². The van der Waals surface area contributed by atoms with Gasteiger partial charge in [-0.05, 0) is 42.0 Å². The lowest BCUT2D eigenvalue weighted by Crippen LogP contribution is -2.49. The van der Waals surface area contributed by atoms with Crippen LogP contribution in [0.15, 0.2) is 18.2 Å². The van der Waals surface area contributed by atoms with Gasteiger partial charge in [-0.25, -0.2) is 4.79 Å². The number of carbonyl (C=O) groups excluding carboxylic acids is 1. The number of rotatable bonds is 4. The molecule has 0 radical (unpaired) electrons. The summed E-state index contributed by atoms with van der Waals surface area (Å²) in [6.45, 7) is 3.88. The Balaban J connectivity index is 1.88. The van der Waals surface area contributed by atoms with Crippen molar-refractivity contribution in [2.24, 2.45) is 5.92 Å². The standard InChI is InChI=1S/C15H21ClN2O2/c1-9(2)14(8-19)18-15(20)17-13-6-10-3-4-12(16)5-11(10)7-13/h3-5,9,13-14,19H,6-8H2,1-2H3,(H2,17,18,20)/t13?,14-/m0/s1. The van der Waals surface area contributed by atoms with E-state index < -0.39 is 0 Å².